The van der Waals surface area contributed by atoms with Crippen molar-refractivity contribution in [3.8, 4) is 0 Å². The van der Waals surface area contributed by atoms with Gasteiger partial charge in [0.1, 0.15) is 0 Å². The lowest BCUT2D eigenvalue weighted by Gasteiger charge is -2.27. The summed E-state index contributed by atoms with van der Waals surface area (Å²) >= 11 is 1.67. The molecule has 1 aromatic carbocycles. The van der Waals surface area contributed by atoms with E-state index in [1.165, 1.54) is 22.8 Å². The number of anilines is 1. The number of amides is 1. The van der Waals surface area contributed by atoms with E-state index in [9.17, 15) is 4.79 Å². The molecule has 0 bridgehead atoms. The summed E-state index contributed by atoms with van der Waals surface area (Å²) < 4.78 is 1.23. The minimum absolute atomic E-state index is 0.147. The first-order valence-electron chi connectivity index (χ1n) is 8.80. The molecular formula is C19H21N5OS. The van der Waals surface area contributed by atoms with Crippen LogP contribution in [0, 0.1) is 0 Å². The number of rotatable bonds is 3. The van der Waals surface area contributed by atoms with Crippen molar-refractivity contribution in [3.63, 3.8) is 0 Å². The molecule has 134 valence electrons. The molecule has 1 aliphatic rings. The van der Waals surface area contributed by atoms with Gasteiger partial charge in [0.2, 0.25) is 11.9 Å². The lowest BCUT2D eigenvalue weighted by atomic mass is 10.1. The Morgan fingerprint density at radius 2 is 2.12 bits per heavy atom. The summed E-state index contributed by atoms with van der Waals surface area (Å²) in [5.41, 5.74) is 6.47. The predicted molar refractivity (Wildman–Crippen MR) is 103 cm³/mol. The number of aromatic nitrogens is 3. The van der Waals surface area contributed by atoms with Crippen LogP contribution < -0.4 is 5.32 Å². The van der Waals surface area contributed by atoms with Crippen molar-refractivity contribution in [2.45, 2.75) is 32.7 Å². The summed E-state index contributed by atoms with van der Waals surface area (Å²) in [6.45, 7) is 5.61. The maximum absolute atomic E-state index is 11.2. The van der Waals surface area contributed by atoms with E-state index in [4.69, 9.17) is 0 Å². The third kappa shape index (κ3) is 3.45. The van der Waals surface area contributed by atoms with Gasteiger partial charge in [-0.05, 0) is 36.6 Å². The third-order valence-corrected chi connectivity index (χ3v) is 5.74. The van der Waals surface area contributed by atoms with Crippen molar-refractivity contribution in [1.82, 2.24) is 19.9 Å². The van der Waals surface area contributed by atoms with E-state index in [2.05, 4.69) is 50.3 Å². The SMILES string of the molecule is CC(=O)Nc1ncc2c(n1)CCN([C@H](C)c1ccc3scnc3c1)CC2. The molecule has 7 heteroatoms. The highest BCUT2D eigenvalue weighted by Gasteiger charge is 2.21. The van der Waals surface area contributed by atoms with Gasteiger partial charge in [-0.15, -0.1) is 11.3 Å². The zero-order valence-corrected chi connectivity index (χ0v) is 15.7. The number of hydrogen-bond donors (Lipinski definition) is 1. The van der Waals surface area contributed by atoms with E-state index in [0.717, 1.165) is 37.1 Å². The van der Waals surface area contributed by atoms with Gasteiger partial charge >= 0.3 is 0 Å². The highest BCUT2D eigenvalue weighted by atomic mass is 32.1. The van der Waals surface area contributed by atoms with Crippen LogP contribution >= 0.6 is 11.3 Å². The van der Waals surface area contributed by atoms with Crippen molar-refractivity contribution < 1.29 is 4.79 Å². The number of carbonyl (C=O) groups excluding carboxylic acids is 1. The van der Waals surface area contributed by atoms with Crippen molar-refractivity contribution in [2.24, 2.45) is 0 Å². The normalized spacial score (nSPS) is 16.1. The highest BCUT2D eigenvalue weighted by molar-refractivity contribution is 7.16. The summed E-state index contributed by atoms with van der Waals surface area (Å²) in [4.78, 5) is 26.9. The molecule has 0 radical (unpaired) electrons. The Labute approximate surface area is 156 Å². The maximum Gasteiger partial charge on any atom is 0.229 e. The fraction of sp³-hybridized carbons (Fsp3) is 0.368. The van der Waals surface area contributed by atoms with Crippen LogP contribution in [0.25, 0.3) is 10.2 Å². The van der Waals surface area contributed by atoms with Crippen LogP contribution in [-0.4, -0.2) is 38.8 Å². The van der Waals surface area contributed by atoms with Crippen LogP contribution in [0.2, 0.25) is 0 Å². The Morgan fingerprint density at radius 3 is 2.96 bits per heavy atom. The maximum atomic E-state index is 11.2. The molecular weight excluding hydrogens is 346 g/mol. The molecule has 1 aliphatic heterocycles. The lowest BCUT2D eigenvalue weighted by Crippen LogP contribution is -2.29. The van der Waals surface area contributed by atoms with Crippen LogP contribution in [0.1, 0.15) is 36.7 Å². The molecule has 6 nitrogen and oxygen atoms in total. The van der Waals surface area contributed by atoms with Gasteiger partial charge < -0.3 is 0 Å². The first-order chi connectivity index (χ1) is 12.6. The average molecular weight is 367 g/mol. The van der Waals surface area contributed by atoms with Gasteiger partial charge in [0, 0.05) is 38.7 Å². The Kier molecular flexibility index (Phi) is 4.65. The van der Waals surface area contributed by atoms with Gasteiger partial charge in [-0.3, -0.25) is 15.0 Å². The standard InChI is InChI=1S/C19H21N5OS/c1-12(14-3-4-18-17(9-14)21-11-26-18)24-7-5-15-10-20-19(22-13(2)25)23-16(15)6-8-24/h3-4,9-12H,5-8H2,1-2H3,(H,20,22,23,25)/t12-/m1/s1. The van der Waals surface area contributed by atoms with Crippen LogP contribution in [0.3, 0.4) is 0 Å². The molecule has 0 saturated heterocycles. The molecule has 1 N–H and O–H groups in total. The Morgan fingerprint density at radius 1 is 1.27 bits per heavy atom. The van der Waals surface area contributed by atoms with E-state index in [0.29, 0.717) is 12.0 Å². The molecule has 0 fully saturated rings. The summed E-state index contributed by atoms with van der Waals surface area (Å²) in [6.07, 6.45) is 3.62. The summed E-state index contributed by atoms with van der Waals surface area (Å²) in [6, 6.07) is 6.88. The van der Waals surface area contributed by atoms with Gasteiger partial charge in [0.15, 0.2) is 0 Å². The molecule has 1 amide bonds. The minimum Gasteiger partial charge on any atom is -0.296 e. The number of carbonyl (C=O) groups is 1. The Hall–Kier alpha value is -2.38. The largest absolute Gasteiger partial charge is 0.296 e. The molecule has 0 unspecified atom stereocenters. The first kappa shape index (κ1) is 17.1. The van der Waals surface area contributed by atoms with E-state index in [-0.39, 0.29) is 5.91 Å². The number of fused-ring (bicyclic) bond motifs is 2. The topological polar surface area (TPSA) is 71.0 Å². The van der Waals surface area contributed by atoms with E-state index < -0.39 is 0 Å². The zero-order chi connectivity index (χ0) is 18.1. The third-order valence-electron chi connectivity index (χ3n) is 4.93. The molecule has 1 atom stereocenters. The molecule has 3 aromatic rings. The van der Waals surface area contributed by atoms with Crippen molar-refractivity contribution >= 4 is 33.4 Å². The van der Waals surface area contributed by atoms with Crippen LogP contribution in [0.5, 0.6) is 0 Å². The van der Waals surface area contributed by atoms with Gasteiger partial charge in [-0.25, -0.2) is 15.0 Å². The molecule has 0 spiro atoms. The number of nitrogens with one attached hydrogen (secondary N) is 1. The van der Waals surface area contributed by atoms with Gasteiger partial charge in [0.05, 0.1) is 21.4 Å². The van der Waals surface area contributed by atoms with Gasteiger partial charge in [0.25, 0.3) is 0 Å². The molecule has 26 heavy (non-hydrogen) atoms. The monoisotopic (exact) mass is 367 g/mol. The number of benzene rings is 1. The number of thiazole rings is 1. The van der Waals surface area contributed by atoms with E-state index >= 15 is 0 Å². The second-order valence-electron chi connectivity index (χ2n) is 6.64. The number of nitrogens with zero attached hydrogens (tertiary/aromatic N) is 4. The predicted octanol–water partition coefficient (Wildman–Crippen LogP) is 3.21. The molecule has 4 rings (SSSR count). The smallest absolute Gasteiger partial charge is 0.229 e. The summed E-state index contributed by atoms with van der Waals surface area (Å²) in [5, 5.41) is 2.67. The van der Waals surface area contributed by atoms with Crippen molar-refractivity contribution in [2.75, 3.05) is 18.4 Å². The molecule has 3 heterocycles. The molecule has 2 aromatic heterocycles. The average Bonchev–Trinajstić information content (AvgIpc) is 2.99. The van der Waals surface area contributed by atoms with E-state index in [1.54, 1.807) is 11.3 Å². The molecule has 0 saturated carbocycles. The fourth-order valence-electron chi connectivity index (χ4n) is 3.44. The van der Waals surface area contributed by atoms with Gasteiger partial charge in [-0.2, -0.15) is 0 Å². The fourth-order valence-corrected chi connectivity index (χ4v) is 4.10. The van der Waals surface area contributed by atoms with Crippen LogP contribution in [-0.2, 0) is 17.6 Å². The van der Waals surface area contributed by atoms with Gasteiger partial charge in [-0.1, -0.05) is 6.07 Å². The Balaban J connectivity index is 1.51. The lowest BCUT2D eigenvalue weighted by molar-refractivity contribution is -0.114. The van der Waals surface area contributed by atoms with Crippen molar-refractivity contribution in [3.05, 3.63) is 46.7 Å². The summed E-state index contributed by atoms with van der Waals surface area (Å²) in [5.74, 6) is 0.248. The second kappa shape index (κ2) is 7.09. The zero-order valence-electron chi connectivity index (χ0n) is 14.9. The minimum atomic E-state index is -0.147. The highest BCUT2D eigenvalue weighted by Crippen LogP contribution is 2.27. The van der Waals surface area contributed by atoms with E-state index in [1.807, 2.05) is 11.7 Å². The van der Waals surface area contributed by atoms with Crippen LogP contribution in [0.4, 0.5) is 5.95 Å². The Bertz CT molecular complexity index is 954. The second-order valence-corrected chi connectivity index (χ2v) is 7.52. The molecule has 0 aliphatic carbocycles. The summed E-state index contributed by atoms with van der Waals surface area (Å²) in [7, 11) is 0. The first-order valence-corrected chi connectivity index (χ1v) is 9.67. The van der Waals surface area contributed by atoms with Crippen LogP contribution in [0.15, 0.2) is 29.9 Å². The van der Waals surface area contributed by atoms with Crippen molar-refractivity contribution in [1.29, 1.82) is 0 Å². The number of hydrogen-bond acceptors (Lipinski definition) is 6. The quantitative estimate of drug-likeness (QED) is 0.770.